The van der Waals surface area contributed by atoms with E-state index in [1.807, 2.05) is 54.4 Å². The molecule has 1 aliphatic carbocycles. The van der Waals surface area contributed by atoms with E-state index in [2.05, 4.69) is 10.6 Å². The Kier molecular flexibility index (Phi) is 6.47. The van der Waals surface area contributed by atoms with E-state index in [0.29, 0.717) is 17.3 Å². The fraction of sp³-hybridized carbons (Fsp3) is 0.364. The first-order valence-corrected chi connectivity index (χ1v) is 9.59. The molecule has 5 heteroatoms. The number of amides is 2. The third-order valence-electron chi connectivity index (χ3n) is 5.12. The molecule has 1 fully saturated rings. The number of anilines is 2. The average Bonchev–Trinajstić information content (AvgIpc) is 2.73. The van der Waals surface area contributed by atoms with Crippen LogP contribution in [0.25, 0.3) is 0 Å². The third-order valence-corrected chi connectivity index (χ3v) is 5.12. The number of likely N-dealkylation sites (N-methyl/N-ethyl adjacent to an activating group) is 1. The third kappa shape index (κ3) is 5.33. The Bertz CT molecular complexity index is 770. The Morgan fingerprint density at radius 3 is 2.41 bits per heavy atom. The lowest BCUT2D eigenvalue weighted by Crippen LogP contribution is -2.41. The quantitative estimate of drug-likeness (QED) is 0.809. The number of rotatable bonds is 6. The molecule has 142 valence electrons. The van der Waals surface area contributed by atoms with Gasteiger partial charge in [-0.1, -0.05) is 43.5 Å². The molecule has 1 aliphatic rings. The van der Waals surface area contributed by atoms with Crippen LogP contribution in [0.3, 0.4) is 0 Å². The normalized spacial score (nSPS) is 14.4. The van der Waals surface area contributed by atoms with Crippen LogP contribution in [0.4, 0.5) is 11.4 Å². The summed E-state index contributed by atoms with van der Waals surface area (Å²) in [4.78, 5) is 26.6. The zero-order valence-electron chi connectivity index (χ0n) is 15.8. The van der Waals surface area contributed by atoms with Gasteiger partial charge < -0.3 is 15.5 Å². The van der Waals surface area contributed by atoms with Gasteiger partial charge >= 0.3 is 0 Å². The minimum Gasteiger partial charge on any atom is -0.376 e. The maximum atomic E-state index is 12.5. The number of nitrogens with one attached hydrogen (secondary N) is 2. The number of hydrogen-bond donors (Lipinski definition) is 2. The lowest BCUT2D eigenvalue weighted by Gasteiger charge is -2.31. The topological polar surface area (TPSA) is 61.4 Å². The van der Waals surface area contributed by atoms with Crippen LogP contribution in [0.15, 0.2) is 54.6 Å². The molecule has 2 N–H and O–H groups in total. The second-order valence-electron chi connectivity index (χ2n) is 7.05. The lowest BCUT2D eigenvalue weighted by molar-refractivity contribution is -0.130. The van der Waals surface area contributed by atoms with E-state index < -0.39 is 0 Å². The van der Waals surface area contributed by atoms with Crippen molar-refractivity contribution in [2.24, 2.45) is 0 Å². The van der Waals surface area contributed by atoms with Crippen LogP contribution >= 0.6 is 0 Å². The smallest absolute Gasteiger partial charge is 0.255 e. The standard InChI is InChI=1S/C22H27N3O2/c1-25(20-13-6-3-7-14-20)21(26)16-23-18-11-8-12-19(15-18)24-22(27)17-9-4-2-5-10-17/h2,4-5,8-12,15,20,23H,3,6-7,13-14,16H2,1H3,(H,24,27). The van der Waals surface area contributed by atoms with Gasteiger partial charge in [0.15, 0.2) is 0 Å². The molecule has 0 bridgehead atoms. The van der Waals surface area contributed by atoms with Crippen molar-refractivity contribution in [3.05, 3.63) is 60.2 Å². The van der Waals surface area contributed by atoms with Gasteiger partial charge in [-0.15, -0.1) is 0 Å². The summed E-state index contributed by atoms with van der Waals surface area (Å²) in [6.07, 6.45) is 5.89. The molecule has 0 atom stereocenters. The predicted octanol–water partition coefficient (Wildman–Crippen LogP) is 4.14. The van der Waals surface area contributed by atoms with E-state index >= 15 is 0 Å². The van der Waals surface area contributed by atoms with E-state index in [1.54, 1.807) is 12.1 Å². The molecule has 27 heavy (non-hydrogen) atoms. The number of nitrogens with zero attached hydrogens (tertiary/aromatic N) is 1. The van der Waals surface area contributed by atoms with Gasteiger partial charge in [0.05, 0.1) is 6.54 Å². The molecule has 1 saturated carbocycles. The van der Waals surface area contributed by atoms with Gasteiger partial charge in [0.25, 0.3) is 5.91 Å². The SMILES string of the molecule is CN(C(=O)CNc1cccc(NC(=O)c2ccccc2)c1)C1CCCCC1. The predicted molar refractivity (Wildman–Crippen MR) is 109 cm³/mol. The second kappa shape index (κ2) is 9.21. The Labute approximate surface area is 160 Å². The molecule has 0 spiro atoms. The molecule has 3 rings (SSSR count). The van der Waals surface area contributed by atoms with Gasteiger partial charge in [0.2, 0.25) is 5.91 Å². The van der Waals surface area contributed by atoms with Gasteiger partial charge in [-0.3, -0.25) is 9.59 Å². The van der Waals surface area contributed by atoms with Crippen LogP contribution in [0.2, 0.25) is 0 Å². The van der Waals surface area contributed by atoms with Crippen molar-refractivity contribution in [1.82, 2.24) is 4.90 Å². The zero-order chi connectivity index (χ0) is 19.1. The first-order valence-electron chi connectivity index (χ1n) is 9.59. The van der Waals surface area contributed by atoms with Crippen molar-refractivity contribution in [3.63, 3.8) is 0 Å². The monoisotopic (exact) mass is 365 g/mol. The molecule has 0 radical (unpaired) electrons. The van der Waals surface area contributed by atoms with E-state index in [0.717, 1.165) is 18.5 Å². The Morgan fingerprint density at radius 1 is 0.963 bits per heavy atom. The Balaban J connectivity index is 1.54. The van der Waals surface area contributed by atoms with Gasteiger partial charge in [0.1, 0.15) is 0 Å². The van der Waals surface area contributed by atoms with Crippen molar-refractivity contribution in [2.45, 2.75) is 38.1 Å². The summed E-state index contributed by atoms with van der Waals surface area (Å²) in [5, 5.41) is 6.06. The summed E-state index contributed by atoms with van der Waals surface area (Å²) in [5.41, 5.74) is 2.12. The Morgan fingerprint density at radius 2 is 1.67 bits per heavy atom. The van der Waals surface area contributed by atoms with Crippen LogP contribution < -0.4 is 10.6 Å². The van der Waals surface area contributed by atoms with Crippen LogP contribution in [0.1, 0.15) is 42.5 Å². The maximum absolute atomic E-state index is 12.5. The minimum absolute atomic E-state index is 0.0978. The number of benzene rings is 2. The molecule has 0 aliphatic heterocycles. The van der Waals surface area contributed by atoms with Gasteiger partial charge in [-0.05, 0) is 43.2 Å². The molecule has 0 heterocycles. The van der Waals surface area contributed by atoms with Crippen molar-refractivity contribution in [1.29, 1.82) is 0 Å². The highest BCUT2D eigenvalue weighted by molar-refractivity contribution is 6.04. The fourth-order valence-corrected chi connectivity index (χ4v) is 3.47. The molecular weight excluding hydrogens is 338 g/mol. The second-order valence-corrected chi connectivity index (χ2v) is 7.05. The maximum Gasteiger partial charge on any atom is 0.255 e. The molecule has 5 nitrogen and oxygen atoms in total. The molecule has 0 aromatic heterocycles. The molecule has 0 saturated heterocycles. The van der Waals surface area contributed by atoms with Crippen molar-refractivity contribution < 1.29 is 9.59 Å². The van der Waals surface area contributed by atoms with Gasteiger partial charge in [0, 0.05) is 30.0 Å². The first-order chi connectivity index (χ1) is 13.1. The molecule has 2 aromatic rings. The summed E-state index contributed by atoms with van der Waals surface area (Å²) < 4.78 is 0. The van der Waals surface area contributed by atoms with E-state index in [-0.39, 0.29) is 18.4 Å². The van der Waals surface area contributed by atoms with Crippen LogP contribution in [0.5, 0.6) is 0 Å². The number of carbonyl (C=O) groups is 2. The van der Waals surface area contributed by atoms with Gasteiger partial charge in [-0.2, -0.15) is 0 Å². The molecule has 0 unspecified atom stereocenters. The van der Waals surface area contributed by atoms with Crippen molar-refractivity contribution >= 4 is 23.2 Å². The van der Waals surface area contributed by atoms with Crippen molar-refractivity contribution in [3.8, 4) is 0 Å². The van der Waals surface area contributed by atoms with Crippen molar-refractivity contribution in [2.75, 3.05) is 24.2 Å². The van der Waals surface area contributed by atoms with E-state index in [9.17, 15) is 9.59 Å². The average molecular weight is 365 g/mol. The molecule has 2 aromatic carbocycles. The molecular formula is C22H27N3O2. The fourth-order valence-electron chi connectivity index (χ4n) is 3.47. The largest absolute Gasteiger partial charge is 0.376 e. The molecule has 2 amide bonds. The highest BCUT2D eigenvalue weighted by Gasteiger charge is 2.21. The highest BCUT2D eigenvalue weighted by atomic mass is 16.2. The highest BCUT2D eigenvalue weighted by Crippen LogP contribution is 2.22. The lowest BCUT2D eigenvalue weighted by atomic mass is 9.94. The Hall–Kier alpha value is -2.82. The summed E-state index contributed by atoms with van der Waals surface area (Å²) >= 11 is 0. The van der Waals surface area contributed by atoms with Crippen LogP contribution in [-0.4, -0.2) is 36.3 Å². The summed E-state index contributed by atoms with van der Waals surface area (Å²) in [6.45, 7) is 0.253. The van der Waals surface area contributed by atoms with Crippen LogP contribution in [-0.2, 0) is 4.79 Å². The van der Waals surface area contributed by atoms with Gasteiger partial charge in [-0.25, -0.2) is 0 Å². The minimum atomic E-state index is -0.152. The zero-order valence-corrected chi connectivity index (χ0v) is 15.8. The summed E-state index contributed by atoms with van der Waals surface area (Å²) in [7, 11) is 1.90. The number of hydrogen-bond acceptors (Lipinski definition) is 3. The summed E-state index contributed by atoms with van der Waals surface area (Å²) in [6, 6.07) is 16.9. The first kappa shape index (κ1) is 19.0. The summed E-state index contributed by atoms with van der Waals surface area (Å²) in [5.74, 6) is -0.0542. The van der Waals surface area contributed by atoms with Crippen LogP contribution in [0, 0.1) is 0 Å². The van der Waals surface area contributed by atoms with E-state index in [4.69, 9.17) is 0 Å². The van der Waals surface area contributed by atoms with E-state index in [1.165, 1.54) is 19.3 Å². The number of carbonyl (C=O) groups excluding carboxylic acids is 2.